The van der Waals surface area contributed by atoms with Gasteiger partial charge in [-0.2, -0.15) is 4.98 Å². The van der Waals surface area contributed by atoms with Crippen LogP contribution in [-0.4, -0.2) is 37.9 Å². The predicted molar refractivity (Wildman–Crippen MR) is 108 cm³/mol. The van der Waals surface area contributed by atoms with Crippen molar-refractivity contribution in [3.05, 3.63) is 56.2 Å². The summed E-state index contributed by atoms with van der Waals surface area (Å²) in [7, 11) is 3.13. The van der Waals surface area contributed by atoms with E-state index in [1.54, 1.807) is 7.05 Å². The van der Waals surface area contributed by atoms with Crippen molar-refractivity contribution < 1.29 is 4.74 Å². The standard InChI is InChI=1S/C20H25N5O3/c1-13-6-8-14(9-7-13)12-25-16-17(23(2)20(27)24(3)18(16)26)22-19(25)21-11-15-5-4-10-28-15/h6-9,15H,4-5,10-12H2,1-3H3,(H,21,22)/t15-/m1/s1. The first kappa shape index (κ1) is 18.5. The van der Waals surface area contributed by atoms with Crippen LogP contribution in [0.5, 0.6) is 0 Å². The minimum Gasteiger partial charge on any atom is -0.376 e. The fraction of sp³-hybridized carbons (Fsp3) is 0.450. The third-order valence-electron chi connectivity index (χ3n) is 5.32. The Morgan fingerprint density at radius 2 is 1.93 bits per heavy atom. The molecule has 1 fully saturated rings. The van der Waals surface area contributed by atoms with E-state index in [0.717, 1.165) is 29.6 Å². The van der Waals surface area contributed by atoms with E-state index in [2.05, 4.69) is 10.3 Å². The van der Waals surface area contributed by atoms with Crippen LogP contribution in [0, 0.1) is 6.92 Å². The number of ether oxygens (including phenoxy) is 1. The summed E-state index contributed by atoms with van der Waals surface area (Å²) in [6.07, 6.45) is 2.20. The lowest BCUT2D eigenvalue weighted by Crippen LogP contribution is -2.37. The van der Waals surface area contributed by atoms with Crippen molar-refractivity contribution in [2.45, 2.75) is 32.4 Å². The number of benzene rings is 1. The molecule has 3 aromatic rings. The number of nitrogens with one attached hydrogen (secondary N) is 1. The van der Waals surface area contributed by atoms with Crippen molar-refractivity contribution >= 4 is 17.1 Å². The van der Waals surface area contributed by atoms with Crippen LogP contribution in [-0.2, 0) is 25.4 Å². The van der Waals surface area contributed by atoms with E-state index in [1.807, 2.05) is 35.8 Å². The molecule has 0 aliphatic carbocycles. The SMILES string of the molecule is Cc1ccc(Cn2c(NC[C@H]3CCCO3)nc3c2c(=O)n(C)c(=O)n3C)cc1. The monoisotopic (exact) mass is 383 g/mol. The number of imidazole rings is 1. The highest BCUT2D eigenvalue weighted by Crippen LogP contribution is 2.19. The maximum atomic E-state index is 12.9. The quantitative estimate of drug-likeness (QED) is 0.720. The molecule has 0 spiro atoms. The molecule has 0 unspecified atom stereocenters. The minimum absolute atomic E-state index is 0.138. The molecular weight excluding hydrogens is 358 g/mol. The lowest BCUT2D eigenvalue weighted by molar-refractivity contribution is 0.120. The van der Waals surface area contributed by atoms with Crippen LogP contribution >= 0.6 is 0 Å². The number of anilines is 1. The average molecular weight is 383 g/mol. The lowest BCUT2D eigenvalue weighted by Gasteiger charge is -2.14. The Kier molecular flexibility index (Phi) is 4.80. The molecule has 1 atom stereocenters. The summed E-state index contributed by atoms with van der Waals surface area (Å²) in [6.45, 7) is 3.92. The molecule has 0 radical (unpaired) electrons. The molecule has 28 heavy (non-hydrogen) atoms. The smallest absolute Gasteiger partial charge is 0.332 e. The first-order valence-electron chi connectivity index (χ1n) is 9.53. The number of aromatic nitrogens is 4. The molecule has 1 saturated heterocycles. The molecule has 1 aliphatic heterocycles. The molecular formula is C20H25N5O3. The molecule has 1 aromatic carbocycles. The Hall–Kier alpha value is -2.87. The average Bonchev–Trinajstić information content (AvgIpc) is 3.33. The van der Waals surface area contributed by atoms with Crippen molar-refractivity contribution in [1.82, 2.24) is 18.7 Å². The third-order valence-corrected chi connectivity index (χ3v) is 5.32. The number of aryl methyl sites for hydroxylation is 2. The van der Waals surface area contributed by atoms with Crippen molar-refractivity contribution in [3.63, 3.8) is 0 Å². The van der Waals surface area contributed by atoms with Gasteiger partial charge in [-0.1, -0.05) is 29.8 Å². The highest BCUT2D eigenvalue weighted by Gasteiger charge is 2.21. The zero-order chi connectivity index (χ0) is 19.8. The molecule has 0 saturated carbocycles. The predicted octanol–water partition coefficient (Wildman–Crippen LogP) is 1.38. The van der Waals surface area contributed by atoms with E-state index in [1.165, 1.54) is 17.2 Å². The van der Waals surface area contributed by atoms with Gasteiger partial charge in [0.2, 0.25) is 5.95 Å². The topological polar surface area (TPSA) is 83.1 Å². The summed E-state index contributed by atoms with van der Waals surface area (Å²) in [5.74, 6) is 0.573. The maximum Gasteiger partial charge on any atom is 0.332 e. The van der Waals surface area contributed by atoms with Crippen LogP contribution in [0.15, 0.2) is 33.9 Å². The van der Waals surface area contributed by atoms with E-state index in [0.29, 0.717) is 30.2 Å². The van der Waals surface area contributed by atoms with Gasteiger partial charge in [0.05, 0.1) is 12.6 Å². The molecule has 148 valence electrons. The van der Waals surface area contributed by atoms with E-state index >= 15 is 0 Å². The zero-order valence-electron chi connectivity index (χ0n) is 16.4. The van der Waals surface area contributed by atoms with Gasteiger partial charge < -0.3 is 10.1 Å². The number of hydrogen-bond acceptors (Lipinski definition) is 5. The van der Waals surface area contributed by atoms with Crippen LogP contribution in [0.4, 0.5) is 5.95 Å². The van der Waals surface area contributed by atoms with Gasteiger partial charge in [-0.25, -0.2) is 4.79 Å². The number of nitrogens with zero attached hydrogens (tertiary/aromatic N) is 4. The van der Waals surface area contributed by atoms with Gasteiger partial charge in [-0.05, 0) is 25.3 Å². The van der Waals surface area contributed by atoms with Crippen LogP contribution in [0.2, 0.25) is 0 Å². The first-order chi connectivity index (χ1) is 13.5. The maximum absolute atomic E-state index is 12.9. The molecule has 0 amide bonds. The largest absolute Gasteiger partial charge is 0.376 e. The van der Waals surface area contributed by atoms with Gasteiger partial charge in [0.1, 0.15) is 0 Å². The van der Waals surface area contributed by atoms with Crippen LogP contribution in [0.3, 0.4) is 0 Å². The van der Waals surface area contributed by atoms with Crippen LogP contribution in [0.1, 0.15) is 24.0 Å². The van der Waals surface area contributed by atoms with E-state index in [-0.39, 0.29) is 17.4 Å². The van der Waals surface area contributed by atoms with Gasteiger partial charge in [0.25, 0.3) is 5.56 Å². The Bertz CT molecular complexity index is 1120. The summed E-state index contributed by atoms with van der Waals surface area (Å²) in [4.78, 5) is 29.8. The number of hydrogen-bond donors (Lipinski definition) is 1. The van der Waals surface area contributed by atoms with Crippen LogP contribution in [0.25, 0.3) is 11.2 Å². The first-order valence-corrected chi connectivity index (χ1v) is 9.53. The van der Waals surface area contributed by atoms with Gasteiger partial charge in [-0.15, -0.1) is 0 Å². The second-order valence-electron chi connectivity index (χ2n) is 7.40. The van der Waals surface area contributed by atoms with Gasteiger partial charge in [-0.3, -0.25) is 18.5 Å². The second kappa shape index (κ2) is 7.27. The summed E-state index contributed by atoms with van der Waals surface area (Å²) in [5, 5.41) is 3.33. The molecule has 4 rings (SSSR count). The van der Waals surface area contributed by atoms with Gasteiger partial charge >= 0.3 is 5.69 Å². The fourth-order valence-electron chi connectivity index (χ4n) is 3.62. The summed E-state index contributed by atoms with van der Waals surface area (Å²) < 4.78 is 10.1. The van der Waals surface area contributed by atoms with Crippen molar-refractivity contribution in [1.29, 1.82) is 0 Å². The Labute approximate surface area is 162 Å². The van der Waals surface area contributed by atoms with Crippen molar-refractivity contribution in [2.24, 2.45) is 14.1 Å². The Morgan fingerprint density at radius 1 is 1.18 bits per heavy atom. The molecule has 3 heterocycles. The molecule has 1 aliphatic rings. The second-order valence-corrected chi connectivity index (χ2v) is 7.40. The Balaban J connectivity index is 1.82. The van der Waals surface area contributed by atoms with Gasteiger partial charge in [0.15, 0.2) is 11.2 Å². The summed E-state index contributed by atoms with van der Waals surface area (Å²) in [5.41, 5.74) is 2.30. The molecule has 2 aromatic heterocycles. The highest BCUT2D eigenvalue weighted by atomic mass is 16.5. The highest BCUT2D eigenvalue weighted by molar-refractivity contribution is 5.74. The number of fused-ring (bicyclic) bond motifs is 1. The van der Waals surface area contributed by atoms with Crippen LogP contribution < -0.4 is 16.6 Å². The van der Waals surface area contributed by atoms with E-state index in [4.69, 9.17) is 4.74 Å². The Morgan fingerprint density at radius 3 is 2.61 bits per heavy atom. The van der Waals surface area contributed by atoms with Gasteiger partial charge in [0, 0.05) is 27.2 Å². The van der Waals surface area contributed by atoms with Crippen molar-refractivity contribution in [2.75, 3.05) is 18.5 Å². The summed E-state index contributed by atoms with van der Waals surface area (Å²) in [6, 6.07) is 8.17. The summed E-state index contributed by atoms with van der Waals surface area (Å²) >= 11 is 0. The van der Waals surface area contributed by atoms with E-state index in [9.17, 15) is 9.59 Å². The van der Waals surface area contributed by atoms with Crippen molar-refractivity contribution in [3.8, 4) is 0 Å². The molecule has 8 heteroatoms. The molecule has 0 bridgehead atoms. The minimum atomic E-state index is -0.386. The lowest BCUT2D eigenvalue weighted by atomic mass is 10.1. The fourth-order valence-corrected chi connectivity index (χ4v) is 3.62. The van der Waals surface area contributed by atoms with E-state index < -0.39 is 0 Å². The number of rotatable bonds is 5. The molecule has 1 N–H and O–H groups in total. The normalized spacial score (nSPS) is 16.8. The zero-order valence-corrected chi connectivity index (χ0v) is 16.4. The third kappa shape index (κ3) is 3.24. The molecule has 8 nitrogen and oxygen atoms in total.